The first kappa shape index (κ1) is 13.7. The first-order valence-corrected chi connectivity index (χ1v) is 7.08. The van der Waals surface area contributed by atoms with Crippen molar-refractivity contribution in [2.45, 2.75) is 6.61 Å². The van der Waals surface area contributed by atoms with Crippen LogP contribution < -0.4 is 10.1 Å². The third kappa shape index (κ3) is 2.93. The molecule has 3 aromatic rings. The molecule has 0 radical (unpaired) electrons. The summed E-state index contributed by atoms with van der Waals surface area (Å²) in [5.74, 6) is 1.67. The Bertz CT molecular complexity index is 756. The van der Waals surface area contributed by atoms with E-state index in [9.17, 15) is 0 Å². The summed E-state index contributed by atoms with van der Waals surface area (Å²) in [5, 5.41) is 5.74. The first-order valence-electron chi connectivity index (χ1n) is 6.70. The van der Waals surface area contributed by atoms with Crippen LogP contribution >= 0.6 is 11.6 Å². The van der Waals surface area contributed by atoms with Crippen LogP contribution in [0.4, 0.5) is 5.82 Å². The van der Waals surface area contributed by atoms with E-state index in [1.54, 1.807) is 0 Å². The molecule has 106 valence electrons. The number of nitrogens with zero attached hydrogens (tertiary/aromatic N) is 1. The van der Waals surface area contributed by atoms with Gasteiger partial charge in [0.15, 0.2) is 0 Å². The molecule has 0 amide bonds. The molecule has 2 aromatic carbocycles. The summed E-state index contributed by atoms with van der Waals surface area (Å²) in [6.07, 6.45) is 1.81. The van der Waals surface area contributed by atoms with Crippen molar-refractivity contribution in [2.24, 2.45) is 0 Å². The van der Waals surface area contributed by atoms with Crippen LogP contribution in [0, 0.1) is 0 Å². The molecule has 0 saturated carbocycles. The average Bonchev–Trinajstić information content (AvgIpc) is 2.55. The van der Waals surface area contributed by atoms with E-state index in [4.69, 9.17) is 16.3 Å². The lowest BCUT2D eigenvalue weighted by Gasteiger charge is -2.10. The minimum atomic E-state index is 0.475. The molecule has 0 atom stereocenters. The SMILES string of the molecule is CNc1ccc(COc2ccc(Cl)c3ccccc23)cn1. The highest BCUT2D eigenvalue weighted by atomic mass is 35.5. The zero-order valence-corrected chi connectivity index (χ0v) is 12.4. The van der Waals surface area contributed by atoms with Crippen LogP contribution in [0.15, 0.2) is 54.7 Å². The molecule has 3 rings (SSSR count). The second kappa shape index (κ2) is 6.02. The Hall–Kier alpha value is -2.26. The monoisotopic (exact) mass is 298 g/mol. The first-order chi connectivity index (χ1) is 10.3. The van der Waals surface area contributed by atoms with E-state index in [0.29, 0.717) is 6.61 Å². The van der Waals surface area contributed by atoms with Crippen LogP contribution in [0.5, 0.6) is 5.75 Å². The van der Waals surface area contributed by atoms with Gasteiger partial charge in [0.2, 0.25) is 0 Å². The molecule has 0 aliphatic heterocycles. The number of ether oxygens (including phenoxy) is 1. The van der Waals surface area contributed by atoms with E-state index in [1.807, 2.05) is 61.8 Å². The number of hydrogen-bond acceptors (Lipinski definition) is 3. The molecule has 0 aliphatic carbocycles. The van der Waals surface area contributed by atoms with Gasteiger partial charge in [0.25, 0.3) is 0 Å². The summed E-state index contributed by atoms with van der Waals surface area (Å²) >= 11 is 6.21. The molecule has 0 spiro atoms. The van der Waals surface area contributed by atoms with Crippen molar-refractivity contribution < 1.29 is 4.74 Å². The molecule has 0 aliphatic rings. The molecule has 1 aromatic heterocycles. The Morgan fingerprint density at radius 1 is 1.05 bits per heavy atom. The Labute approximate surface area is 128 Å². The summed E-state index contributed by atoms with van der Waals surface area (Å²) in [6, 6.07) is 15.6. The van der Waals surface area contributed by atoms with Crippen molar-refractivity contribution in [3.05, 3.63) is 65.3 Å². The number of nitrogens with one attached hydrogen (secondary N) is 1. The summed E-state index contributed by atoms with van der Waals surface area (Å²) in [4.78, 5) is 4.27. The normalized spacial score (nSPS) is 10.6. The highest BCUT2D eigenvalue weighted by molar-refractivity contribution is 6.35. The lowest BCUT2D eigenvalue weighted by Crippen LogP contribution is -1.98. The van der Waals surface area contributed by atoms with E-state index in [0.717, 1.165) is 32.9 Å². The molecule has 0 saturated heterocycles. The molecular formula is C17H15ClN2O. The fraction of sp³-hybridized carbons (Fsp3) is 0.118. The second-order valence-corrected chi connectivity index (χ2v) is 5.09. The largest absolute Gasteiger partial charge is 0.488 e. The maximum absolute atomic E-state index is 6.21. The van der Waals surface area contributed by atoms with Crippen LogP contribution in [0.1, 0.15) is 5.56 Å². The molecule has 1 heterocycles. The molecular weight excluding hydrogens is 284 g/mol. The highest BCUT2D eigenvalue weighted by Gasteiger charge is 2.05. The van der Waals surface area contributed by atoms with Gasteiger partial charge in [-0.05, 0) is 18.2 Å². The number of anilines is 1. The maximum Gasteiger partial charge on any atom is 0.127 e. The summed E-state index contributed by atoms with van der Waals surface area (Å²) in [5.41, 5.74) is 1.02. The predicted octanol–water partition coefficient (Wildman–Crippen LogP) is 4.51. The van der Waals surface area contributed by atoms with Crippen LogP contribution in [0.3, 0.4) is 0 Å². The van der Waals surface area contributed by atoms with Crippen molar-refractivity contribution in [2.75, 3.05) is 12.4 Å². The van der Waals surface area contributed by atoms with Crippen LogP contribution in [-0.2, 0) is 6.61 Å². The Morgan fingerprint density at radius 3 is 2.57 bits per heavy atom. The Morgan fingerprint density at radius 2 is 1.86 bits per heavy atom. The summed E-state index contributed by atoms with van der Waals surface area (Å²) < 4.78 is 5.91. The molecule has 0 unspecified atom stereocenters. The predicted molar refractivity (Wildman–Crippen MR) is 87.1 cm³/mol. The fourth-order valence-corrected chi connectivity index (χ4v) is 2.41. The van der Waals surface area contributed by atoms with Gasteiger partial charge in [-0.1, -0.05) is 41.9 Å². The molecule has 4 heteroatoms. The van der Waals surface area contributed by atoms with Crippen molar-refractivity contribution in [3.8, 4) is 5.75 Å². The van der Waals surface area contributed by atoms with E-state index in [2.05, 4.69) is 10.3 Å². The van der Waals surface area contributed by atoms with Crippen LogP contribution in [0.25, 0.3) is 10.8 Å². The Balaban J connectivity index is 1.83. The van der Waals surface area contributed by atoms with Crippen LogP contribution in [-0.4, -0.2) is 12.0 Å². The quantitative estimate of drug-likeness (QED) is 0.769. The smallest absolute Gasteiger partial charge is 0.127 e. The maximum atomic E-state index is 6.21. The van der Waals surface area contributed by atoms with Gasteiger partial charge in [0.05, 0.1) is 0 Å². The molecule has 0 bridgehead atoms. The molecule has 3 nitrogen and oxygen atoms in total. The molecule has 21 heavy (non-hydrogen) atoms. The number of fused-ring (bicyclic) bond motifs is 1. The lowest BCUT2D eigenvalue weighted by atomic mass is 10.1. The van der Waals surface area contributed by atoms with Gasteiger partial charge in [0, 0.05) is 34.6 Å². The lowest BCUT2D eigenvalue weighted by molar-refractivity contribution is 0.309. The number of aromatic nitrogens is 1. The molecule has 1 N–H and O–H groups in total. The zero-order chi connectivity index (χ0) is 14.7. The minimum Gasteiger partial charge on any atom is -0.488 e. The standard InChI is InChI=1S/C17H15ClN2O/c1-19-17-9-6-12(10-20-17)11-21-16-8-7-15(18)13-4-2-3-5-14(13)16/h2-10H,11H2,1H3,(H,19,20). The molecule has 0 fully saturated rings. The van der Waals surface area contributed by atoms with Crippen LogP contribution in [0.2, 0.25) is 5.02 Å². The van der Waals surface area contributed by atoms with E-state index >= 15 is 0 Å². The fourth-order valence-electron chi connectivity index (χ4n) is 2.18. The summed E-state index contributed by atoms with van der Waals surface area (Å²) in [7, 11) is 1.85. The summed E-state index contributed by atoms with van der Waals surface area (Å²) in [6.45, 7) is 0.475. The number of hydrogen-bond donors (Lipinski definition) is 1. The van der Waals surface area contributed by atoms with Gasteiger partial charge in [-0.3, -0.25) is 0 Å². The number of pyridine rings is 1. The van der Waals surface area contributed by atoms with Gasteiger partial charge in [-0.2, -0.15) is 0 Å². The third-order valence-corrected chi connectivity index (χ3v) is 3.64. The van der Waals surface area contributed by atoms with Gasteiger partial charge in [-0.15, -0.1) is 0 Å². The minimum absolute atomic E-state index is 0.475. The van der Waals surface area contributed by atoms with E-state index in [-0.39, 0.29) is 0 Å². The van der Waals surface area contributed by atoms with Gasteiger partial charge < -0.3 is 10.1 Å². The van der Waals surface area contributed by atoms with Crippen molar-refractivity contribution in [3.63, 3.8) is 0 Å². The van der Waals surface area contributed by atoms with E-state index < -0.39 is 0 Å². The van der Waals surface area contributed by atoms with Gasteiger partial charge in [-0.25, -0.2) is 4.98 Å². The Kier molecular flexibility index (Phi) is 3.93. The van der Waals surface area contributed by atoms with Crippen molar-refractivity contribution >= 4 is 28.2 Å². The number of halogens is 1. The second-order valence-electron chi connectivity index (χ2n) is 4.68. The zero-order valence-electron chi connectivity index (χ0n) is 11.6. The third-order valence-electron chi connectivity index (χ3n) is 3.31. The van der Waals surface area contributed by atoms with Crippen molar-refractivity contribution in [1.29, 1.82) is 0 Å². The van der Waals surface area contributed by atoms with Gasteiger partial charge >= 0.3 is 0 Å². The van der Waals surface area contributed by atoms with E-state index in [1.165, 1.54) is 0 Å². The van der Waals surface area contributed by atoms with Gasteiger partial charge in [0.1, 0.15) is 18.2 Å². The number of benzene rings is 2. The number of rotatable bonds is 4. The topological polar surface area (TPSA) is 34.1 Å². The highest BCUT2D eigenvalue weighted by Crippen LogP contribution is 2.31. The van der Waals surface area contributed by atoms with Crippen molar-refractivity contribution in [1.82, 2.24) is 4.98 Å². The average molecular weight is 299 g/mol.